The molecule has 1 heterocycles. The van der Waals surface area contributed by atoms with Crippen LogP contribution in [0.15, 0.2) is 53.8 Å². The molecule has 0 atom stereocenters. The molecule has 3 rings (SSSR count). The molecule has 5 nitrogen and oxygen atoms in total. The van der Waals surface area contributed by atoms with Crippen molar-refractivity contribution in [3.05, 3.63) is 59.2 Å². The van der Waals surface area contributed by atoms with Crippen molar-refractivity contribution in [2.24, 2.45) is 5.10 Å². The van der Waals surface area contributed by atoms with Gasteiger partial charge in [0.05, 0.1) is 24.5 Å². The standard InChI is InChI=1S/C18H14ClF2N3O2/c1-25-17-8-11(2-5-16(17)26-18(20)21)10-23-24-14-6-7-22-15-9-12(19)3-4-13(14)15/h2-10,18H,1H3,(H,22,24)/b23-10+. The van der Waals surface area contributed by atoms with Crippen molar-refractivity contribution >= 4 is 34.4 Å². The van der Waals surface area contributed by atoms with Gasteiger partial charge in [-0.2, -0.15) is 13.9 Å². The van der Waals surface area contributed by atoms with Gasteiger partial charge in [-0.15, -0.1) is 0 Å². The lowest BCUT2D eigenvalue weighted by Gasteiger charge is -2.10. The number of anilines is 1. The molecule has 8 heteroatoms. The summed E-state index contributed by atoms with van der Waals surface area (Å²) in [6.07, 6.45) is 3.19. The summed E-state index contributed by atoms with van der Waals surface area (Å²) in [5.41, 5.74) is 5.08. The lowest BCUT2D eigenvalue weighted by Crippen LogP contribution is -2.03. The molecule has 0 amide bonds. The van der Waals surface area contributed by atoms with E-state index in [-0.39, 0.29) is 11.5 Å². The quantitative estimate of drug-likeness (QED) is 0.488. The number of hydrazone groups is 1. The van der Waals surface area contributed by atoms with Crippen molar-refractivity contribution in [3.8, 4) is 11.5 Å². The number of methoxy groups -OCH3 is 1. The fraction of sp³-hybridized carbons (Fsp3) is 0.111. The topological polar surface area (TPSA) is 55.7 Å². The summed E-state index contributed by atoms with van der Waals surface area (Å²) in [7, 11) is 1.38. The molecule has 0 unspecified atom stereocenters. The molecule has 2 aromatic carbocycles. The third-order valence-electron chi connectivity index (χ3n) is 3.51. The van der Waals surface area contributed by atoms with E-state index in [1.807, 2.05) is 6.07 Å². The molecular weight excluding hydrogens is 364 g/mol. The molecule has 0 spiro atoms. The lowest BCUT2D eigenvalue weighted by molar-refractivity contribution is -0.0512. The molecule has 26 heavy (non-hydrogen) atoms. The van der Waals surface area contributed by atoms with E-state index in [2.05, 4.69) is 20.2 Å². The number of nitrogens with zero attached hydrogens (tertiary/aromatic N) is 2. The Kier molecular flexibility index (Phi) is 5.48. The highest BCUT2D eigenvalue weighted by atomic mass is 35.5. The Morgan fingerprint density at radius 3 is 2.77 bits per heavy atom. The van der Waals surface area contributed by atoms with Crippen LogP contribution in [0.5, 0.6) is 11.5 Å². The number of halogens is 3. The molecule has 0 fully saturated rings. The second-order valence-electron chi connectivity index (χ2n) is 5.18. The summed E-state index contributed by atoms with van der Waals surface area (Å²) in [6, 6.07) is 11.7. The van der Waals surface area contributed by atoms with Crippen molar-refractivity contribution < 1.29 is 18.3 Å². The molecule has 0 aliphatic carbocycles. The molecule has 1 N–H and O–H groups in total. The van der Waals surface area contributed by atoms with E-state index in [4.69, 9.17) is 16.3 Å². The maximum atomic E-state index is 12.4. The fourth-order valence-electron chi connectivity index (χ4n) is 2.35. The van der Waals surface area contributed by atoms with Gasteiger partial charge in [0.2, 0.25) is 0 Å². The molecule has 0 radical (unpaired) electrons. The Morgan fingerprint density at radius 1 is 1.15 bits per heavy atom. The van der Waals surface area contributed by atoms with E-state index in [0.29, 0.717) is 10.6 Å². The Balaban J connectivity index is 1.79. The molecule has 0 aliphatic rings. The predicted octanol–water partition coefficient (Wildman–Crippen LogP) is 4.94. The first-order valence-electron chi connectivity index (χ1n) is 7.53. The Morgan fingerprint density at radius 2 is 2.00 bits per heavy atom. The van der Waals surface area contributed by atoms with Crippen LogP contribution in [0.1, 0.15) is 5.56 Å². The maximum absolute atomic E-state index is 12.4. The number of hydrogen-bond donors (Lipinski definition) is 1. The second-order valence-corrected chi connectivity index (χ2v) is 5.62. The largest absolute Gasteiger partial charge is 0.493 e. The summed E-state index contributed by atoms with van der Waals surface area (Å²) in [5.74, 6) is 0.155. The highest BCUT2D eigenvalue weighted by Gasteiger charge is 2.10. The van der Waals surface area contributed by atoms with Gasteiger partial charge in [0, 0.05) is 16.6 Å². The van der Waals surface area contributed by atoms with Crippen molar-refractivity contribution in [2.45, 2.75) is 6.61 Å². The van der Waals surface area contributed by atoms with E-state index in [9.17, 15) is 8.78 Å². The number of hydrogen-bond acceptors (Lipinski definition) is 5. The van der Waals surface area contributed by atoms with Gasteiger partial charge in [-0.05, 0) is 48.0 Å². The minimum Gasteiger partial charge on any atom is -0.493 e. The van der Waals surface area contributed by atoms with E-state index in [1.54, 1.807) is 36.5 Å². The number of rotatable bonds is 6. The first kappa shape index (κ1) is 17.9. The number of ether oxygens (including phenoxy) is 2. The van der Waals surface area contributed by atoms with E-state index in [0.717, 1.165) is 16.6 Å². The van der Waals surface area contributed by atoms with Crippen molar-refractivity contribution in [3.63, 3.8) is 0 Å². The SMILES string of the molecule is COc1cc(/C=N/Nc2ccnc3cc(Cl)ccc23)ccc1OC(F)F. The molecule has 0 saturated carbocycles. The lowest BCUT2D eigenvalue weighted by atomic mass is 10.2. The molecule has 3 aromatic rings. The van der Waals surface area contributed by atoms with Crippen molar-refractivity contribution in [2.75, 3.05) is 12.5 Å². The van der Waals surface area contributed by atoms with Gasteiger partial charge in [-0.3, -0.25) is 10.4 Å². The molecule has 0 aliphatic heterocycles. The number of fused-ring (bicyclic) bond motifs is 1. The van der Waals surface area contributed by atoms with Gasteiger partial charge >= 0.3 is 6.61 Å². The summed E-state index contributed by atoms with van der Waals surface area (Å²) in [6.45, 7) is -2.92. The molecule has 0 bridgehead atoms. The summed E-state index contributed by atoms with van der Waals surface area (Å²) in [5, 5.41) is 5.64. The average Bonchev–Trinajstić information content (AvgIpc) is 2.62. The minimum absolute atomic E-state index is 0.0374. The van der Waals surface area contributed by atoms with Gasteiger partial charge in [0.25, 0.3) is 0 Å². The fourth-order valence-corrected chi connectivity index (χ4v) is 2.52. The number of aromatic nitrogens is 1. The molecular formula is C18H14ClF2N3O2. The predicted molar refractivity (Wildman–Crippen MR) is 97.6 cm³/mol. The molecule has 0 saturated heterocycles. The van der Waals surface area contributed by atoms with Crippen LogP contribution in [-0.2, 0) is 0 Å². The minimum atomic E-state index is -2.92. The van der Waals surface area contributed by atoms with Crippen molar-refractivity contribution in [1.29, 1.82) is 0 Å². The van der Waals surface area contributed by atoms with Crippen LogP contribution in [0.4, 0.5) is 14.5 Å². The van der Waals surface area contributed by atoms with E-state index in [1.165, 1.54) is 19.4 Å². The first-order valence-corrected chi connectivity index (χ1v) is 7.91. The van der Waals surface area contributed by atoms with Crippen LogP contribution in [0.25, 0.3) is 10.9 Å². The van der Waals surface area contributed by atoms with E-state index >= 15 is 0 Å². The van der Waals surface area contributed by atoms with Crippen LogP contribution in [-0.4, -0.2) is 24.9 Å². The van der Waals surface area contributed by atoms with Gasteiger partial charge in [-0.1, -0.05) is 11.6 Å². The number of benzene rings is 2. The number of nitrogens with one attached hydrogen (secondary N) is 1. The summed E-state index contributed by atoms with van der Waals surface area (Å²) >= 11 is 5.97. The van der Waals surface area contributed by atoms with Crippen LogP contribution < -0.4 is 14.9 Å². The normalized spacial score (nSPS) is 11.3. The maximum Gasteiger partial charge on any atom is 0.387 e. The Labute approximate surface area is 153 Å². The van der Waals surface area contributed by atoms with Gasteiger partial charge in [0.1, 0.15) is 0 Å². The van der Waals surface area contributed by atoms with Crippen molar-refractivity contribution in [1.82, 2.24) is 4.98 Å². The summed E-state index contributed by atoms with van der Waals surface area (Å²) < 4.78 is 34.2. The second kappa shape index (κ2) is 7.97. The number of pyridine rings is 1. The third-order valence-corrected chi connectivity index (χ3v) is 3.74. The highest BCUT2D eigenvalue weighted by Crippen LogP contribution is 2.29. The van der Waals surface area contributed by atoms with Gasteiger partial charge in [-0.25, -0.2) is 0 Å². The van der Waals surface area contributed by atoms with Crippen LogP contribution in [0.3, 0.4) is 0 Å². The summed E-state index contributed by atoms with van der Waals surface area (Å²) in [4.78, 5) is 4.26. The molecule has 134 valence electrons. The first-order chi connectivity index (χ1) is 12.6. The number of alkyl halides is 2. The average molecular weight is 378 g/mol. The van der Waals surface area contributed by atoms with Crippen LogP contribution in [0.2, 0.25) is 5.02 Å². The third kappa shape index (κ3) is 4.18. The smallest absolute Gasteiger partial charge is 0.387 e. The van der Waals surface area contributed by atoms with Gasteiger partial charge < -0.3 is 9.47 Å². The van der Waals surface area contributed by atoms with Crippen LogP contribution in [0, 0.1) is 0 Å². The Hall–Kier alpha value is -2.93. The Bertz CT molecular complexity index is 951. The zero-order chi connectivity index (χ0) is 18.5. The highest BCUT2D eigenvalue weighted by molar-refractivity contribution is 6.31. The van der Waals surface area contributed by atoms with Crippen LogP contribution >= 0.6 is 11.6 Å². The zero-order valence-electron chi connectivity index (χ0n) is 13.6. The molecule has 1 aromatic heterocycles. The monoisotopic (exact) mass is 377 g/mol. The van der Waals surface area contributed by atoms with Gasteiger partial charge in [0.15, 0.2) is 11.5 Å². The zero-order valence-corrected chi connectivity index (χ0v) is 14.4. The van der Waals surface area contributed by atoms with E-state index < -0.39 is 6.61 Å².